The summed E-state index contributed by atoms with van der Waals surface area (Å²) < 4.78 is 0. The van der Waals surface area contributed by atoms with Crippen LogP contribution in [0.25, 0.3) is 0 Å². The first-order valence-corrected chi connectivity index (χ1v) is 5.52. The number of likely N-dealkylation sites (N-methyl/N-ethyl adjacent to an activating group) is 1. The zero-order chi connectivity index (χ0) is 11.4. The molecule has 0 bridgehead atoms. The number of hydrogen-bond donors (Lipinski definition) is 1. The van der Waals surface area contributed by atoms with Gasteiger partial charge in [-0.25, -0.2) is 4.98 Å². The molecule has 0 aromatic carbocycles. The van der Waals surface area contributed by atoms with Gasteiger partial charge in [0, 0.05) is 32.0 Å². The smallest absolute Gasteiger partial charge is 0.273 e. The number of hydrogen-bond acceptors (Lipinski definition) is 4. The van der Waals surface area contributed by atoms with Crippen LogP contribution in [0.2, 0.25) is 0 Å². The highest BCUT2D eigenvalue weighted by atomic mass is 16.2. The molecular weight excluding hydrogens is 204 g/mol. The van der Waals surface area contributed by atoms with Gasteiger partial charge in [0.05, 0.1) is 6.20 Å². The molecule has 5 heteroatoms. The molecule has 1 aliphatic rings. The topological polar surface area (TPSA) is 58.1 Å². The summed E-state index contributed by atoms with van der Waals surface area (Å²) >= 11 is 0. The third kappa shape index (κ3) is 2.55. The van der Waals surface area contributed by atoms with Gasteiger partial charge in [0.25, 0.3) is 5.91 Å². The lowest BCUT2D eigenvalue weighted by Crippen LogP contribution is -2.38. The summed E-state index contributed by atoms with van der Waals surface area (Å²) in [6, 6.07) is 0.422. The third-order valence-corrected chi connectivity index (χ3v) is 2.79. The van der Waals surface area contributed by atoms with Crippen molar-refractivity contribution in [2.75, 3.05) is 20.1 Å². The van der Waals surface area contributed by atoms with Crippen LogP contribution in [0.3, 0.4) is 0 Å². The van der Waals surface area contributed by atoms with E-state index in [9.17, 15) is 4.79 Å². The molecule has 1 N–H and O–H groups in total. The third-order valence-electron chi connectivity index (χ3n) is 2.79. The summed E-state index contributed by atoms with van der Waals surface area (Å²) in [5, 5.41) is 3.36. The quantitative estimate of drug-likeness (QED) is 0.796. The Morgan fingerprint density at radius 1 is 1.62 bits per heavy atom. The van der Waals surface area contributed by atoms with Crippen LogP contribution in [0, 0.1) is 0 Å². The molecule has 0 aliphatic carbocycles. The molecule has 0 saturated carbocycles. The second-order valence-electron chi connectivity index (χ2n) is 4.07. The Balaban J connectivity index is 1.94. The Hall–Kier alpha value is -1.49. The average Bonchev–Trinajstić information content (AvgIpc) is 2.82. The normalized spacial score (nSPS) is 19.7. The van der Waals surface area contributed by atoms with Crippen LogP contribution in [-0.4, -0.2) is 47.0 Å². The highest BCUT2D eigenvalue weighted by Gasteiger charge is 2.20. The Bertz CT molecular complexity index is 348. The van der Waals surface area contributed by atoms with Gasteiger partial charge in [0.2, 0.25) is 0 Å². The molecule has 1 fully saturated rings. The number of nitrogens with one attached hydrogen (secondary N) is 1. The summed E-state index contributed by atoms with van der Waals surface area (Å²) in [4.78, 5) is 21.5. The van der Waals surface area contributed by atoms with Crippen molar-refractivity contribution in [1.29, 1.82) is 0 Å². The standard InChI is InChI=1S/C11H16N4O/c1-15(8-9-3-2-4-13-9)11(16)10-7-12-5-6-14-10/h5-7,9,13H,2-4,8H2,1H3. The minimum atomic E-state index is -0.0678. The summed E-state index contributed by atoms with van der Waals surface area (Å²) in [5.74, 6) is -0.0678. The number of rotatable bonds is 3. The predicted octanol–water partition coefficient (Wildman–Crippen LogP) is 0.301. The summed E-state index contributed by atoms with van der Waals surface area (Å²) in [6.07, 6.45) is 6.93. The average molecular weight is 220 g/mol. The van der Waals surface area contributed by atoms with E-state index in [1.165, 1.54) is 18.8 Å². The summed E-state index contributed by atoms with van der Waals surface area (Å²) in [6.45, 7) is 1.78. The van der Waals surface area contributed by atoms with Crippen molar-refractivity contribution >= 4 is 5.91 Å². The van der Waals surface area contributed by atoms with Gasteiger partial charge in [-0.15, -0.1) is 0 Å². The first-order chi connectivity index (χ1) is 7.77. The second-order valence-corrected chi connectivity index (χ2v) is 4.07. The molecule has 86 valence electrons. The van der Waals surface area contributed by atoms with Crippen molar-refractivity contribution < 1.29 is 4.79 Å². The Labute approximate surface area is 94.9 Å². The van der Waals surface area contributed by atoms with Crippen molar-refractivity contribution in [2.45, 2.75) is 18.9 Å². The molecule has 1 amide bonds. The lowest BCUT2D eigenvalue weighted by Gasteiger charge is -2.20. The van der Waals surface area contributed by atoms with Crippen LogP contribution >= 0.6 is 0 Å². The van der Waals surface area contributed by atoms with Crippen LogP contribution in [0.1, 0.15) is 23.3 Å². The van der Waals surface area contributed by atoms with Crippen LogP contribution in [0.5, 0.6) is 0 Å². The molecule has 1 unspecified atom stereocenters. The maximum Gasteiger partial charge on any atom is 0.273 e. The van der Waals surface area contributed by atoms with Gasteiger partial charge in [0.15, 0.2) is 0 Å². The Kier molecular flexibility index (Phi) is 3.46. The van der Waals surface area contributed by atoms with Crippen molar-refractivity contribution in [2.24, 2.45) is 0 Å². The maximum absolute atomic E-state index is 11.9. The van der Waals surface area contributed by atoms with E-state index in [0.717, 1.165) is 19.5 Å². The van der Waals surface area contributed by atoms with Gasteiger partial charge >= 0.3 is 0 Å². The zero-order valence-corrected chi connectivity index (χ0v) is 9.39. The SMILES string of the molecule is CN(CC1CCCN1)C(=O)c1cnccn1. The van der Waals surface area contributed by atoms with Gasteiger partial charge < -0.3 is 10.2 Å². The molecule has 2 rings (SSSR count). The van der Waals surface area contributed by atoms with E-state index in [2.05, 4.69) is 15.3 Å². The number of carbonyl (C=O) groups excluding carboxylic acids is 1. The van der Waals surface area contributed by atoms with Crippen LogP contribution in [0.15, 0.2) is 18.6 Å². The first-order valence-electron chi connectivity index (χ1n) is 5.52. The molecule has 1 aromatic rings. The summed E-state index contributed by atoms with van der Waals surface area (Å²) in [7, 11) is 1.80. The fourth-order valence-electron chi connectivity index (χ4n) is 1.93. The molecular formula is C11H16N4O. The van der Waals surface area contributed by atoms with Gasteiger partial charge in [0.1, 0.15) is 5.69 Å². The minimum Gasteiger partial charge on any atom is -0.339 e. The monoisotopic (exact) mass is 220 g/mol. The van der Waals surface area contributed by atoms with Crippen molar-refractivity contribution in [3.05, 3.63) is 24.3 Å². The number of nitrogens with zero attached hydrogens (tertiary/aromatic N) is 3. The van der Waals surface area contributed by atoms with Crippen LogP contribution in [-0.2, 0) is 0 Å². The van der Waals surface area contributed by atoms with E-state index < -0.39 is 0 Å². The largest absolute Gasteiger partial charge is 0.339 e. The second kappa shape index (κ2) is 5.03. The van der Waals surface area contributed by atoms with Gasteiger partial charge in [-0.2, -0.15) is 0 Å². The first kappa shape index (κ1) is 11.0. The molecule has 1 aromatic heterocycles. The molecule has 0 radical (unpaired) electrons. The van der Waals surface area contributed by atoms with Crippen molar-refractivity contribution in [3.8, 4) is 0 Å². The molecule has 0 spiro atoms. The van der Waals surface area contributed by atoms with E-state index in [1.807, 2.05) is 0 Å². The predicted molar refractivity (Wildman–Crippen MR) is 60.0 cm³/mol. The zero-order valence-electron chi connectivity index (χ0n) is 9.39. The maximum atomic E-state index is 11.9. The molecule has 5 nitrogen and oxygen atoms in total. The van der Waals surface area contributed by atoms with Crippen LogP contribution < -0.4 is 5.32 Å². The fraction of sp³-hybridized carbons (Fsp3) is 0.545. The molecule has 1 saturated heterocycles. The minimum absolute atomic E-state index is 0.0678. The van der Waals surface area contributed by atoms with Crippen molar-refractivity contribution in [1.82, 2.24) is 20.2 Å². The van der Waals surface area contributed by atoms with E-state index >= 15 is 0 Å². The van der Waals surface area contributed by atoms with E-state index in [1.54, 1.807) is 18.1 Å². The highest BCUT2D eigenvalue weighted by Crippen LogP contribution is 2.07. The molecule has 1 atom stereocenters. The fourth-order valence-corrected chi connectivity index (χ4v) is 1.93. The molecule has 1 aliphatic heterocycles. The van der Waals surface area contributed by atoms with Crippen molar-refractivity contribution in [3.63, 3.8) is 0 Å². The Morgan fingerprint density at radius 2 is 2.50 bits per heavy atom. The number of aromatic nitrogens is 2. The number of amides is 1. The highest BCUT2D eigenvalue weighted by molar-refractivity contribution is 5.91. The van der Waals surface area contributed by atoms with E-state index in [4.69, 9.17) is 0 Å². The Morgan fingerprint density at radius 3 is 3.12 bits per heavy atom. The van der Waals surface area contributed by atoms with Crippen LogP contribution in [0.4, 0.5) is 0 Å². The summed E-state index contributed by atoms with van der Waals surface area (Å²) in [5.41, 5.74) is 0.406. The lowest BCUT2D eigenvalue weighted by atomic mass is 10.2. The number of carbonyl (C=O) groups is 1. The van der Waals surface area contributed by atoms with Gasteiger partial charge in [-0.3, -0.25) is 9.78 Å². The van der Waals surface area contributed by atoms with E-state index in [0.29, 0.717) is 11.7 Å². The lowest BCUT2D eigenvalue weighted by molar-refractivity contribution is 0.0777. The van der Waals surface area contributed by atoms with E-state index in [-0.39, 0.29) is 5.91 Å². The molecule has 16 heavy (non-hydrogen) atoms. The molecule has 2 heterocycles. The van der Waals surface area contributed by atoms with Gasteiger partial charge in [-0.05, 0) is 19.4 Å². The van der Waals surface area contributed by atoms with Gasteiger partial charge in [-0.1, -0.05) is 0 Å².